The van der Waals surface area contributed by atoms with Crippen molar-refractivity contribution in [3.8, 4) is 0 Å². The van der Waals surface area contributed by atoms with E-state index in [9.17, 15) is 4.79 Å². The number of thiophene rings is 1. The lowest BCUT2D eigenvalue weighted by atomic mass is 10.1. The van der Waals surface area contributed by atoms with E-state index < -0.39 is 0 Å². The maximum atomic E-state index is 12.8. The largest absolute Gasteiger partial charge is 0.372 e. The Kier molecular flexibility index (Phi) is 8.09. The van der Waals surface area contributed by atoms with E-state index in [0.29, 0.717) is 25.2 Å². The molecule has 1 aliphatic heterocycles. The first-order valence-corrected chi connectivity index (χ1v) is 11.7. The van der Waals surface area contributed by atoms with Crippen molar-refractivity contribution in [2.45, 2.75) is 58.9 Å². The van der Waals surface area contributed by atoms with E-state index in [2.05, 4.69) is 41.6 Å². The van der Waals surface area contributed by atoms with Gasteiger partial charge in [-0.15, -0.1) is 11.3 Å². The Bertz CT molecular complexity index is 883. The molecule has 1 aliphatic rings. The summed E-state index contributed by atoms with van der Waals surface area (Å²) in [4.78, 5) is 21.7. The second kappa shape index (κ2) is 10.8. The van der Waals surface area contributed by atoms with Crippen LogP contribution in [0.25, 0.3) is 0 Å². The first kappa shape index (κ1) is 23.3. The molecule has 7 heteroatoms. The van der Waals surface area contributed by atoms with Gasteiger partial charge in [0, 0.05) is 54.5 Å². The van der Waals surface area contributed by atoms with E-state index in [0.717, 1.165) is 17.9 Å². The van der Waals surface area contributed by atoms with Gasteiger partial charge in [0.05, 0.1) is 12.2 Å². The highest BCUT2D eigenvalue weighted by Gasteiger charge is 2.26. The minimum Gasteiger partial charge on any atom is -0.372 e. The molecule has 168 valence electrons. The van der Waals surface area contributed by atoms with Gasteiger partial charge in [0.1, 0.15) is 0 Å². The molecule has 6 nitrogen and oxygen atoms in total. The lowest BCUT2D eigenvalue weighted by molar-refractivity contribution is -0.0586. The number of carbonyl (C=O) groups excluding carboxylic acids is 1. The van der Waals surface area contributed by atoms with Crippen LogP contribution in [-0.4, -0.2) is 55.2 Å². The van der Waals surface area contributed by atoms with Crippen LogP contribution in [0.3, 0.4) is 0 Å². The number of aliphatic imine (C=N–C) groups is 1. The van der Waals surface area contributed by atoms with Gasteiger partial charge < -0.3 is 20.3 Å². The molecule has 1 amide bonds. The highest BCUT2D eigenvalue weighted by Crippen LogP contribution is 2.17. The molecule has 3 unspecified atom stereocenters. The van der Waals surface area contributed by atoms with E-state index >= 15 is 0 Å². The summed E-state index contributed by atoms with van der Waals surface area (Å²) in [5.74, 6) is 0.842. The zero-order chi connectivity index (χ0) is 22.4. The minimum atomic E-state index is 0.0663. The van der Waals surface area contributed by atoms with Gasteiger partial charge in [-0.1, -0.05) is 12.1 Å². The first-order valence-electron chi connectivity index (χ1n) is 10.9. The number of rotatable bonds is 6. The van der Waals surface area contributed by atoms with E-state index in [1.165, 1.54) is 9.75 Å². The molecule has 0 aliphatic carbocycles. The van der Waals surface area contributed by atoms with Gasteiger partial charge in [0.2, 0.25) is 0 Å². The maximum Gasteiger partial charge on any atom is 0.254 e. The third-order valence-electron chi connectivity index (χ3n) is 5.28. The monoisotopic (exact) mass is 442 g/mol. The smallest absolute Gasteiger partial charge is 0.254 e. The second-order valence-corrected chi connectivity index (χ2v) is 9.72. The highest BCUT2D eigenvalue weighted by atomic mass is 32.1. The number of carbonyl (C=O) groups is 1. The Balaban J connectivity index is 1.50. The average molecular weight is 443 g/mol. The summed E-state index contributed by atoms with van der Waals surface area (Å²) in [5, 5.41) is 6.81. The third kappa shape index (κ3) is 6.80. The molecule has 2 N–H and O–H groups in total. The predicted molar refractivity (Wildman–Crippen MR) is 128 cm³/mol. The molecule has 0 radical (unpaired) electrons. The fourth-order valence-electron chi connectivity index (χ4n) is 3.85. The molecule has 1 saturated heterocycles. The molecule has 1 fully saturated rings. The molecule has 0 bridgehead atoms. The first-order chi connectivity index (χ1) is 14.8. The summed E-state index contributed by atoms with van der Waals surface area (Å²) >= 11 is 1.84. The van der Waals surface area contributed by atoms with Crippen LogP contribution in [-0.2, 0) is 17.7 Å². The lowest BCUT2D eigenvalue weighted by Crippen LogP contribution is -2.48. The molecule has 3 atom stereocenters. The fourth-order valence-corrected chi connectivity index (χ4v) is 4.87. The highest BCUT2D eigenvalue weighted by molar-refractivity contribution is 7.11. The molecule has 2 aromatic rings. The van der Waals surface area contributed by atoms with Gasteiger partial charge >= 0.3 is 0 Å². The molecule has 31 heavy (non-hydrogen) atoms. The van der Waals surface area contributed by atoms with Crippen molar-refractivity contribution in [1.29, 1.82) is 0 Å². The van der Waals surface area contributed by atoms with E-state index in [4.69, 9.17) is 4.74 Å². The van der Waals surface area contributed by atoms with Crippen LogP contribution in [0.4, 0.5) is 0 Å². The van der Waals surface area contributed by atoms with Gasteiger partial charge in [-0.05, 0) is 57.5 Å². The number of amides is 1. The van der Waals surface area contributed by atoms with Gasteiger partial charge in [0.15, 0.2) is 5.96 Å². The van der Waals surface area contributed by atoms with E-state index in [-0.39, 0.29) is 24.2 Å². The summed E-state index contributed by atoms with van der Waals surface area (Å²) in [6, 6.07) is 12.4. The Morgan fingerprint density at radius 2 is 1.87 bits per heavy atom. The van der Waals surface area contributed by atoms with Crippen LogP contribution in [0.1, 0.15) is 46.4 Å². The van der Waals surface area contributed by atoms with Gasteiger partial charge in [0.25, 0.3) is 5.91 Å². The van der Waals surface area contributed by atoms with Crippen molar-refractivity contribution in [2.75, 3.05) is 20.1 Å². The van der Waals surface area contributed by atoms with Crippen molar-refractivity contribution in [3.63, 3.8) is 0 Å². The molecule has 0 saturated carbocycles. The van der Waals surface area contributed by atoms with Crippen molar-refractivity contribution >= 4 is 23.2 Å². The second-order valence-electron chi connectivity index (χ2n) is 8.35. The van der Waals surface area contributed by atoms with E-state index in [1.807, 2.05) is 54.3 Å². The van der Waals surface area contributed by atoms with Crippen LogP contribution >= 0.6 is 11.3 Å². The van der Waals surface area contributed by atoms with Crippen molar-refractivity contribution in [1.82, 2.24) is 15.5 Å². The molecule has 0 spiro atoms. The summed E-state index contributed by atoms with van der Waals surface area (Å²) in [7, 11) is 1.78. The van der Waals surface area contributed by atoms with Gasteiger partial charge in [-0.2, -0.15) is 0 Å². The van der Waals surface area contributed by atoms with Gasteiger partial charge in [-0.25, -0.2) is 0 Å². The van der Waals surface area contributed by atoms with Crippen LogP contribution in [0, 0.1) is 6.92 Å². The number of hydrogen-bond donors (Lipinski definition) is 2. The molecule has 3 rings (SSSR count). The van der Waals surface area contributed by atoms with Crippen LogP contribution < -0.4 is 10.6 Å². The minimum absolute atomic E-state index is 0.0663. The Labute approximate surface area is 189 Å². The predicted octanol–water partition coefficient (Wildman–Crippen LogP) is 3.60. The van der Waals surface area contributed by atoms with Crippen LogP contribution in [0.15, 0.2) is 41.4 Å². The van der Waals surface area contributed by atoms with Crippen molar-refractivity contribution < 1.29 is 9.53 Å². The standard InChI is InChI=1S/C24H34N4O2S/c1-16(12-22-11-6-19(4)31-22)27-24(25-5)26-13-20-7-9-21(10-8-20)23(29)28-14-17(2)30-18(3)15-28/h6-11,16-18H,12-15H2,1-5H3,(H2,25,26,27). The van der Waals surface area contributed by atoms with Gasteiger partial charge in [-0.3, -0.25) is 9.79 Å². The average Bonchev–Trinajstić information content (AvgIpc) is 3.14. The van der Waals surface area contributed by atoms with Crippen molar-refractivity contribution in [2.24, 2.45) is 4.99 Å². The van der Waals surface area contributed by atoms with E-state index in [1.54, 1.807) is 7.05 Å². The summed E-state index contributed by atoms with van der Waals surface area (Å²) < 4.78 is 5.73. The Hall–Kier alpha value is -2.38. The number of morpholine rings is 1. The number of aryl methyl sites for hydroxylation is 1. The molecule has 2 heterocycles. The van der Waals surface area contributed by atoms with Crippen molar-refractivity contribution in [3.05, 3.63) is 57.3 Å². The number of nitrogens with one attached hydrogen (secondary N) is 2. The summed E-state index contributed by atoms with van der Waals surface area (Å²) in [6.45, 7) is 10.2. The lowest BCUT2D eigenvalue weighted by Gasteiger charge is -2.35. The Morgan fingerprint density at radius 3 is 2.45 bits per heavy atom. The third-order valence-corrected chi connectivity index (χ3v) is 6.30. The number of hydrogen-bond acceptors (Lipinski definition) is 4. The van der Waals surface area contributed by atoms with Crippen LogP contribution in [0.5, 0.6) is 0 Å². The topological polar surface area (TPSA) is 66.0 Å². The van der Waals surface area contributed by atoms with Crippen LogP contribution in [0.2, 0.25) is 0 Å². The molecular formula is C24H34N4O2S. The quantitative estimate of drug-likeness (QED) is 0.530. The number of guanidine groups is 1. The summed E-state index contributed by atoms with van der Waals surface area (Å²) in [5.41, 5.74) is 1.82. The fraction of sp³-hybridized carbons (Fsp3) is 0.500. The number of ether oxygens (including phenoxy) is 1. The maximum absolute atomic E-state index is 12.8. The zero-order valence-corrected chi connectivity index (χ0v) is 20.0. The normalized spacial score (nSPS) is 20.4. The number of benzene rings is 1. The number of nitrogens with zero attached hydrogens (tertiary/aromatic N) is 2. The molecule has 1 aromatic carbocycles. The summed E-state index contributed by atoms with van der Waals surface area (Å²) in [6.07, 6.45) is 1.11. The molecular weight excluding hydrogens is 408 g/mol. The SMILES string of the molecule is CN=C(NCc1ccc(C(=O)N2CC(C)OC(C)C2)cc1)NC(C)Cc1ccc(C)s1. The molecule has 1 aromatic heterocycles. The Morgan fingerprint density at radius 1 is 1.19 bits per heavy atom. The zero-order valence-electron chi connectivity index (χ0n) is 19.1.